The maximum absolute atomic E-state index is 11.8. The molecule has 0 spiro atoms. The molecule has 0 N–H and O–H groups in total. The van der Waals surface area contributed by atoms with E-state index in [9.17, 15) is 4.79 Å². The average molecular weight is 235 g/mol. The van der Waals surface area contributed by atoms with Crippen LogP contribution in [0.25, 0.3) is 0 Å². The summed E-state index contributed by atoms with van der Waals surface area (Å²) < 4.78 is 7.05. The normalized spacial score (nSPS) is 10.6. The molecule has 2 rings (SSSR count). The minimum Gasteiger partial charge on any atom is -0.468 e. The summed E-state index contributed by atoms with van der Waals surface area (Å²) in [5.41, 5.74) is 0.760. The lowest BCUT2D eigenvalue weighted by atomic mass is 10.2. The molecule has 0 saturated heterocycles. The molecule has 3 nitrogen and oxygen atoms in total. The number of carbonyl (C=O) groups excluding carboxylic acids is 1. The first-order valence-corrected chi connectivity index (χ1v) is 5.97. The van der Waals surface area contributed by atoms with Crippen molar-refractivity contribution in [3.8, 4) is 0 Å². The molecule has 2 heterocycles. The van der Waals surface area contributed by atoms with Gasteiger partial charge in [0, 0.05) is 29.9 Å². The predicted molar refractivity (Wildman–Crippen MR) is 63.9 cm³/mol. The number of ketones is 1. The lowest BCUT2D eigenvalue weighted by Crippen LogP contribution is -2.00. The standard InChI is InChI=1S/C12H13NO2S/c1-9-12(4-6-15-9)16-8-11(14)10-3-5-13(2)7-10/h3-7H,8H2,1-2H3. The highest BCUT2D eigenvalue weighted by Crippen LogP contribution is 2.23. The van der Waals surface area contributed by atoms with Gasteiger partial charge in [-0.1, -0.05) is 0 Å². The summed E-state index contributed by atoms with van der Waals surface area (Å²) in [5, 5.41) is 0. The maximum Gasteiger partial charge on any atom is 0.174 e. The Morgan fingerprint density at radius 3 is 2.88 bits per heavy atom. The van der Waals surface area contributed by atoms with Gasteiger partial charge in [-0.2, -0.15) is 0 Å². The third-order valence-electron chi connectivity index (χ3n) is 2.32. The minimum absolute atomic E-state index is 0.145. The van der Waals surface area contributed by atoms with Crippen molar-refractivity contribution in [2.45, 2.75) is 11.8 Å². The fourth-order valence-electron chi connectivity index (χ4n) is 1.42. The van der Waals surface area contributed by atoms with Gasteiger partial charge in [0.15, 0.2) is 5.78 Å². The van der Waals surface area contributed by atoms with Gasteiger partial charge in [0.2, 0.25) is 0 Å². The van der Waals surface area contributed by atoms with E-state index < -0.39 is 0 Å². The second kappa shape index (κ2) is 4.61. The first-order valence-electron chi connectivity index (χ1n) is 4.99. The predicted octanol–water partition coefficient (Wildman–Crippen LogP) is 2.90. The van der Waals surface area contributed by atoms with Crippen molar-refractivity contribution in [3.63, 3.8) is 0 Å². The van der Waals surface area contributed by atoms with Gasteiger partial charge in [0.05, 0.1) is 12.0 Å². The van der Waals surface area contributed by atoms with E-state index in [1.807, 2.05) is 43.1 Å². The third-order valence-corrected chi connectivity index (χ3v) is 3.46. The van der Waals surface area contributed by atoms with E-state index >= 15 is 0 Å². The molecule has 0 bridgehead atoms. The summed E-state index contributed by atoms with van der Waals surface area (Å²) in [6, 6.07) is 3.73. The minimum atomic E-state index is 0.145. The third kappa shape index (κ3) is 2.39. The van der Waals surface area contributed by atoms with Gasteiger partial charge in [-0.25, -0.2) is 0 Å². The van der Waals surface area contributed by atoms with Gasteiger partial charge < -0.3 is 8.98 Å². The number of carbonyl (C=O) groups is 1. The molecule has 0 unspecified atom stereocenters. The van der Waals surface area contributed by atoms with E-state index in [-0.39, 0.29) is 5.78 Å². The lowest BCUT2D eigenvalue weighted by Gasteiger charge is -1.97. The lowest BCUT2D eigenvalue weighted by molar-refractivity contribution is 0.102. The molecule has 16 heavy (non-hydrogen) atoms. The second-order valence-corrected chi connectivity index (χ2v) is 4.64. The van der Waals surface area contributed by atoms with Crippen LogP contribution in [0.3, 0.4) is 0 Å². The van der Waals surface area contributed by atoms with Gasteiger partial charge in [-0.15, -0.1) is 11.8 Å². The monoisotopic (exact) mass is 235 g/mol. The van der Waals surface area contributed by atoms with E-state index in [2.05, 4.69) is 0 Å². The Bertz CT molecular complexity index is 499. The largest absolute Gasteiger partial charge is 0.468 e. The molecular formula is C12H13NO2S. The first-order chi connectivity index (χ1) is 7.66. The van der Waals surface area contributed by atoms with Crippen LogP contribution in [0.1, 0.15) is 16.1 Å². The smallest absolute Gasteiger partial charge is 0.174 e. The number of thioether (sulfide) groups is 1. The van der Waals surface area contributed by atoms with Crippen LogP contribution in [0.15, 0.2) is 40.1 Å². The van der Waals surface area contributed by atoms with Crippen molar-refractivity contribution < 1.29 is 9.21 Å². The summed E-state index contributed by atoms with van der Waals surface area (Å²) in [5.74, 6) is 1.46. The number of aromatic nitrogens is 1. The summed E-state index contributed by atoms with van der Waals surface area (Å²) in [6.45, 7) is 1.90. The topological polar surface area (TPSA) is 35.1 Å². The fourth-order valence-corrected chi connectivity index (χ4v) is 2.27. The molecule has 0 aromatic carbocycles. The van der Waals surface area contributed by atoms with E-state index in [1.54, 1.807) is 6.26 Å². The Labute approximate surface area is 98.4 Å². The fraction of sp³-hybridized carbons (Fsp3) is 0.250. The first kappa shape index (κ1) is 11.1. The van der Waals surface area contributed by atoms with Crippen molar-refractivity contribution >= 4 is 17.5 Å². The molecule has 2 aromatic heterocycles. The molecule has 84 valence electrons. The van der Waals surface area contributed by atoms with E-state index in [1.165, 1.54) is 11.8 Å². The zero-order valence-corrected chi connectivity index (χ0v) is 10.1. The zero-order chi connectivity index (χ0) is 11.5. The molecule has 2 aromatic rings. The summed E-state index contributed by atoms with van der Waals surface area (Å²) >= 11 is 1.51. The Kier molecular flexibility index (Phi) is 3.19. The van der Waals surface area contributed by atoms with Gasteiger partial charge >= 0.3 is 0 Å². The van der Waals surface area contributed by atoms with E-state index in [4.69, 9.17) is 4.42 Å². The van der Waals surface area contributed by atoms with Crippen molar-refractivity contribution in [2.75, 3.05) is 5.75 Å². The van der Waals surface area contributed by atoms with Crippen LogP contribution < -0.4 is 0 Å². The van der Waals surface area contributed by atoms with Gasteiger partial charge in [0.25, 0.3) is 0 Å². The molecule has 0 fully saturated rings. The molecule has 0 amide bonds. The zero-order valence-electron chi connectivity index (χ0n) is 9.27. The maximum atomic E-state index is 11.8. The van der Waals surface area contributed by atoms with Gasteiger partial charge in [-0.3, -0.25) is 4.79 Å². The number of Topliss-reactive ketones (excluding diaryl/α,β-unsaturated/α-hetero) is 1. The molecule has 0 atom stereocenters. The molecule has 0 aliphatic rings. The number of furan rings is 1. The van der Waals surface area contributed by atoms with Crippen molar-refractivity contribution in [1.29, 1.82) is 0 Å². The summed E-state index contributed by atoms with van der Waals surface area (Å²) in [7, 11) is 1.91. The Balaban J connectivity index is 1.96. The van der Waals surface area contributed by atoms with Crippen LogP contribution in [0.4, 0.5) is 0 Å². The highest BCUT2D eigenvalue weighted by molar-refractivity contribution is 8.00. The quantitative estimate of drug-likeness (QED) is 0.603. The van der Waals surface area contributed by atoms with Crippen LogP contribution in [0.2, 0.25) is 0 Å². The highest BCUT2D eigenvalue weighted by Gasteiger charge is 2.09. The van der Waals surface area contributed by atoms with E-state index in [0.717, 1.165) is 16.2 Å². The van der Waals surface area contributed by atoms with Crippen LogP contribution in [-0.4, -0.2) is 16.1 Å². The highest BCUT2D eigenvalue weighted by atomic mass is 32.2. The number of nitrogens with zero attached hydrogens (tertiary/aromatic N) is 1. The Morgan fingerprint density at radius 2 is 2.31 bits per heavy atom. The Hall–Kier alpha value is -1.42. The van der Waals surface area contributed by atoms with Crippen LogP contribution >= 0.6 is 11.8 Å². The van der Waals surface area contributed by atoms with Crippen molar-refractivity contribution in [2.24, 2.45) is 7.05 Å². The number of rotatable bonds is 4. The average Bonchev–Trinajstić information content (AvgIpc) is 2.84. The van der Waals surface area contributed by atoms with Gasteiger partial charge in [0.1, 0.15) is 5.76 Å². The van der Waals surface area contributed by atoms with Crippen molar-refractivity contribution in [1.82, 2.24) is 4.57 Å². The molecule has 0 aliphatic carbocycles. The van der Waals surface area contributed by atoms with Gasteiger partial charge in [-0.05, 0) is 19.1 Å². The summed E-state index contributed by atoms with van der Waals surface area (Å²) in [4.78, 5) is 12.8. The van der Waals surface area contributed by atoms with E-state index in [0.29, 0.717) is 5.75 Å². The molecule has 0 radical (unpaired) electrons. The summed E-state index contributed by atoms with van der Waals surface area (Å²) in [6.07, 6.45) is 5.36. The van der Waals surface area contributed by atoms with Crippen LogP contribution in [-0.2, 0) is 7.05 Å². The molecule has 0 saturated carbocycles. The van der Waals surface area contributed by atoms with Crippen LogP contribution in [0, 0.1) is 6.92 Å². The number of hydrogen-bond donors (Lipinski definition) is 0. The Morgan fingerprint density at radius 1 is 1.50 bits per heavy atom. The molecular weight excluding hydrogens is 222 g/mol. The molecule has 0 aliphatic heterocycles. The van der Waals surface area contributed by atoms with Crippen molar-refractivity contribution in [3.05, 3.63) is 42.1 Å². The SMILES string of the molecule is Cc1occc1SCC(=O)c1ccn(C)c1. The molecule has 4 heteroatoms. The van der Waals surface area contributed by atoms with Crippen LogP contribution in [0.5, 0.6) is 0 Å². The number of aryl methyl sites for hydroxylation is 2. The second-order valence-electron chi connectivity index (χ2n) is 3.62. The number of hydrogen-bond acceptors (Lipinski definition) is 3.